The lowest BCUT2D eigenvalue weighted by molar-refractivity contribution is 0.795. The molecule has 7 nitrogen and oxygen atoms in total. The minimum atomic E-state index is 0.253. The third-order valence-electron chi connectivity index (χ3n) is 7.22. The highest BCUT2D eigenvalue weighted by Gasteiger charge is 2.17. The number of H-pyrrole nitrogens is 2. The Morgan fingerprint density at radius 3 is 2.29 bits per heavy atom. The molecule has 4 aromatic heterocycles. The summed E-state index contributed by atoms with van der Waals surface area (Å²) in [6.45, 7) is 8.51. The van der Waals surface area contributed by atoms with E-state index in [-0.39, 0.29) is 5.92 Å². The van der Waals surface area contributed by atoms with E-state index in [0.29, 0.717) is 5.92 Å². The van der Waals surface area contributed by atoms with E-state index < -0.39 is 0 Å². The van der Waals surface area contributed by atoms with Gasteiger partial charge < -0.3 is 4.98 Å². The molecule has 0 aliphatic heterocycles. The third-order valence-corrected chi connectivity index (χ3v) is 7.22. The maximum atomic E-state index is 5.02. The number of nitrogens with zero attached hydrogens (tertiary/aromatic N) is 5. The molecule has 0 saturated carbocycles. The molecule has 3 aromatic carbocycles. The van der Waals surface area contributed by atoms with Crippen molar-refractivity contribution in [2.45, 2.75) is 39.5 Å². The van der Waals surface area contributed by atoms with Gasteiger partial charge in [-0.25, -0.2) is 19.9 Å². The van der Waals surface area contributed by atoms with Gasteiger partial charge in [0.15, 0.2) is 0 Å². The van der Waals surface area contributed by atoms with Crippen LogP contribution in [0.25, 0.3) is 66.0 Å². The third kappa shape index (κ3) is 3.54. The number of fused-ring (bicyclic) bond motifs is 7. The van der Waals surface area contributed by atoms with E-state index in [0.717, 1.165) is 77.6 Å². The largest absolute Gasteiger partial charge is 0.342 e. The number of nitrogens with one attached hydrogen (secondary N) is 2. The molecular formula is C31H27N7. The topological polar surface area (TPSA) is 96.0 Å². The van der Waals surface area contributed by atoms with Gasteiger partial charge in [-0.3, -0.25) is 5.10 Å². The number of hydrogen-bond acceptors (Lipinski definition) is 5. The van der Waals surface area contributed by atoms with Crippen molar-refractivity contribution in [3.05, 3.63) is 78.8 Å². The summed E-state index contributed by atoms with van der Waals surface area (Å²) < 4.78 is 0. The Kier molecular flexibility index (Phi) is 5.01. The number of benzene rings is 3. The molecule has 0 bridgehead atoms. The van der Waals surface area contributed by atoms with E-state index in [4.69, 9.17) is 15.0 Å². The average Bonchev–Trinajstić information content (AvgIpc) is 3.61. The van der Waals surface area contributed by atoms with Crippen molar-refractivity contribution in [1.29, 1.82) is 0 Å². The molecule has 0 fully saturated rings. The van der Waals surface area contributed by atoms with Crippen molar-refractivity contribution in [3.8, 4) is 22.5 Å². The highest BCUT2D eigenvalue weighted by Crippen LogP contribution is 2.36. The van der Waals surface area contributed by atoms with E-state index in [1.54, 1.807) is 0 Å². The summed E-state index contributed by atoms with van der Waals surface area (Å²) in [4.78, 5) is 22.7. The van der Waals surface area contributed by atoms with Crippen molar-refractivity contribution in [2.75, 3.05) is 0 Å². The van der Waals surface area contributed by atoms with Crippen LogP contribution in [-0.2, 0) is 0 Å². The van der Waals surface area contributed by atoms with Gasteiger partial charge in [0, 0.05) is 50.7 Å². The van der Waals surface area contributed by atoms with Crippen molar-refractivity contribution in [1.82, 2.24) is 35.1 Å². The minimum Gasteiger partial charge on any atom is -0.342 e. The Balaban J connectivity index is 1.35. The maximum Gasteiger partial charge on any atom is 0.132 e. The molecule has 0 atom stereocenters. The summed E-state index contributed by atoms with van der Waals surface area (Å²) in [5.74, 6) is 2.47. The first-order valence-electron chi connectivity index (χ1n) is 13.0. The highest BCUT2D eigenvalue weighted by atomic mass is 15.1. The maximum absolute atomic E-state index is 5.02. The quantitative estimate of drug-likeness (QED) is 0.245. The van der Waals surface area contributed by atoms with Gasteiger partial charge in [0.2, 0.25) is 0 Å². The molecule has 7 aromatic rings. The van der Waals surface area contributed by atoms with Gasteiger partial charge in [0.05, 0.1) is 34.8 Å². The second kappa shape index (κ2) is 8.45. The summed E-state index contributed by atoms with van der Waals surface area (Å²) in [6.07, 6.45) is 5.70. The molecule has 38 heavy (non-hydrogen) atoms. The number of pyridine rings is 1. The molecule has 0 unspecified atom stereocenters. The minimum absolute atomic E-state index is 0.253. The van der Waals surface area contributed by atoms with Crippen molar-refractivity contribution in [3.63, 3.8) is 0 Å². The van der Waals surface area contributed by atoms with Crippen LogP contribution >= 0.6 is 0 Å². The SMILES string of the molecule is CC(C)c1nc2c3ccc(-c4ccc5cc(-c6cnc(C(C)C)[nH]6)ccc5n4)cc3c3c[nH]ncc3c2n1. The summed E-state index contributed by atoms with van der Waals surface area (Å²) in [7, 11) is 0. The fourth-order valence-corrected chi connectivity index (χ4v) is 5.12. The second-order valence-electron chi connectivity index (χ2n) is 10.5. The van der Waals surface area contributed by atoms with E-state index in [9.17, 15) is 0 Å². The molecule has 7 rings (SSSR count). The number of aromatic nitrogens is 7. The Hall–Kier alpha value is -4.65. The predicted molar refractivity (Wildman–Crippen MR) is 153 cm³/mol. The first-order valence-corrected chi connectivity index (χ1v) is 13.0. The monoisotopic (exact) mass is 497 g/mol. The first-order chi connectivity index (χ1) is 18.5. The Bertz CT molecular complexity index is 2000. The van der Waals surface area contributed by atoms with Crippen LogP contribution in [0.15, 0.2) is 67.1 Å². The number of aromatic amines is 2. The van der Waals surface area contributed by atoms with E-state index in [2.05, 4.69) is 96.4 Å². The van der Waals surface area contributed by atoms with Crippen LogP contribution in [-0.4, -0.2) is 35.1 Å². The molecule has 0 saturated heterocycles. The van der Waals surface area contributed by atoms with Gasteiger partial charge in [-0.15, -0.1) is 0 Å². The molecular weight excluding hydrogens is 470 g/mol. The van der Waals surface area contributed by atoms with Gasteiger partial charge in [-0.2, -0.15) is 5.10 Å². The summed E-state index contributed by atoms with van der Waals surface area (Å²) >= 11 is 0. The number of rotatable bonds is 4. The zero-order valence-corrected chi connectivity index (χ0v) is 21.7. The van der Waals surface area contributed by atoms with Gasteiger partial charge in [0.1, 0.15) is 17.2 Å². The van der Waals surface area contributed by atoms with Crippen LogP contribution < -0.4 is 0 Å². The fraction of sp³-hybridized carbons (Fsp3) is 0.194. The average molecular weight is 498 g/mol. The molecule has 0 radical (unpaired) electrons. The number of imidazole rings is 2. The van der Waals surface area contributed by atoms with Crippen LogP contribution in [0, 0.1) is 0 Å². The van der Waals surface area contributed by atoms with Gasteiger partial charge in [0.25, 0.3) is 0 Å². The van der Waals surface area contributed by atoms with Crippen LogP contribution in [0.4, 0.5) is 0 Å². The molecule has 0 spiro atoms. The van der Waals surface area contributed by atoms with Gasteiger partial charge >= 0.3 is 0 Å². The van der Waals surface area contributed by atoms with Crippen LogP contribution in [0.1, 0.15) is 51.2 Å². The molecule has 0 aliphatic rings. The Morgan fingerprint density at radius 1 is 0.684 bits per heavy atom. The lowest BCUT2D eigenvalue weighted by atomic mass is 9.98. The molecule has 0 amide bonds. The summed E-state index contributed by atoms with van der Waals surface area (Å²) in [5, 5.41) is 12.6. The number of hydrogen-bond donors (Lipinski definition) is 2. The zero-order valence-electron chi connectivity index (χ0n) is 21.7. The first kappa shape index (κ1) is 22.5. The smallest absolute Gasteiger partial charge is 0.132 e. The predicted octanol–water partition coefficient (Wildman–Crippen LogP) is 7.51. The van der Waals surface area contributed by atoms with E-state index in [1.165, 1.54) is 0 Å². The highest BCUT2D eigenvalue weighted by molar-refractivity contribution is 6.23. The Labute approximate surface area is 219 Å². The lowest BCUT2D eigenvalue weighted by Crippen LogP contribution is -1.90. The summed E-state index contributed by atoms with van der Waals surface area (Å²) in [5.41, 5.74) is 6.90. The van der Waals surface area contributed by atoms with Crippen LogP contribution in [0.5, 0.6) is 0 Å². The van der Waals surface area contributed by atoms with E-state index in [1.807, 2.05) is 18.6 Å². The zero-order chi connectivity index (χ0) is 26.0. The van der Waals surface area contributed by atoms with E-state index >= 15 is 0 Å². The lowest BCUT2D eigenvalue weighted by Gasteiger charge is -2.09. The normalized spacial score (nSPS) is 12.2. The van der Waals surface area contributed by atoms with Gasteiger partial charge in [-0.05, 0) is 29.7 Å². The second-order valence-corrected chi connectivity index (χ2v) is 10.5. The standard InChI is InChI=1S/C31H27N7/c1-16(2)30-32-15-27(36-30)19-7-10-25-18(11-19)6-9-26(35-25)20-5-8-21-22(12-20)23-13-33-34-14-24(23)29-28(21)37-31(38-29)17(3)4/h5-17,33H,1-4H3,(H,32,36). The fourth-order valence-electron chi connectivity index (χ4n) is 5.12. The molecule has 7 heteroatoms. The van der Waals surface area contributed by atoms with Gasteiger partial charge in [-0.1, -0.05) is 52.0 Å². The molecule has 4 heterocycles. The van der Waals surface area contributed by atoms with Crippen LogP contribution in [0.3, 0.4) is 0 Å². The summed E-state index contributed by atoms with van der Waals surface area (Å²) in [6, 6.07) is 17.1. The van der Waals surface area contributed by atoms with Crippen LogP contribution in [0.2, 0.25) is 0 Å². The van der Waals surface area contributed by atoms with Crippen molar-refractivity contribution < 1.29 is 0 Å². The molecule has 186 valence electrons. The Morgan fingerprint density at radius 2 is 1.50 bits per heavy atom. The molecule has 2 N–H and O–H groups in total. The van der Waals surface area contributed by atoms with Crippen molar-refractivity contribution >= 4 is 43.5 Å². The van der Waals surface area contributed by atoms with Crippen molar-refractivity contribution in [2.24, 2.45) is 0 Å². The molecule has 0 aliphatic carbocycles.